The second-order valence-electron chi connectivity index (χ2n) is 6.16. The van der Waals surface area contributed by atoms with Gasteiger partial charge in [0, 0.05) is 18.3 Å². The van der Waals surface area contributed by atoms with Crippen LogP contribution in [-0.4, -0.2) is 17.8 Å². The summed E-state index contributed by atoms with van der Waals surface area (Å²) in [5.41, 5.74) is 0.237. The number of rotatable bonds is 8. The maximum Gasteiger partial charge on any atom is 0.220 e. The highest BCUT2D eigenvalue weighted by Crippen LogP contribution is 2.29. The molecule has 1 saturated carbocycles. The van der Waals surface area contributed by atoms with Crippen molar-refractivity contribution in [1.29, 1.82) is 0 Å². The van der Waals surface area contributed by atoms with Crippen molar-refractivity contribution in [3.05, 3.63) is 0 Å². The maximum atomic E-state index is 12.0. The van der Waals surface area contributed by atoms with Crippen LogP contribution in [0.4, 0.5) is 0 Å². The van der Waals surface area contributed by atoms with E-state index >= 15 is 0 Å². The van der Waals surface area contributed by atoms with Crippen LogP contribution in [0.2, 0.25) is 0 Å². The zero-order chi connectivity index (χ0) is 14.1. The molecule has 1 rings (SSSR count). The van der Waals surface area contributed by atoms with Gasteiger partial charge in [-0.05, 0) is 30.6 Å². The number of amides is 1. The van der Waals surface area contributed by atoms with E-state index < -0.39 is 0 Å². The first-order valence-corrected chi connectivity index (χ1v) is 9.10. The van der Waals surface area contributed by atoms with E-state index in [0.29, 0.717) is 0 Å². The van der Waals surface area contributed by atoms with Crippen molar-refractivity contribution in [2.45, 2.75) is 71.6 Å². The van der Waals surface area contributed by atoms with E-state index in [1.807, 2.05) is 0 Å². The van der Waals surface area contributed by atoms with E-state index in [2.05, 4.69) is 35.1 Å². The van der Waals surface area contributed by atoms with Gasteiger partial charge in [0.15, 0.2) is 0 Å². The van der Waals surface area contributed by atoms with Gasteiger partial charge in [-0.3, -0.25) is 4.79 Å². The summed E-state index contributed by atoms with van der Waals surface area (Å²) >= 11 is 3.59. The molecule has 0 spiro atoms. The van der Waals surface area contributed by atoms with Gasteiger partial charge in [-0.2, -0.15) is 0 Å². The fourth-order valence-electron chi connectivity index (χ4n) is 2.92. The molecule has 19 heavy (non-hydrogen) atoms. The smallest absolute Gasteiger partial charge is 0.220 e. The largest absolute Gasteiger partial charge is 0.356 e. The molecule has 0 aromatic carbocycles. The van der Waals surface area contributed by atoms with E-state index in [1.165, 1.54) is 32.1 Å². The molecule has 1 aliphatic rings. The number of nitrogens with one attached hydrogen (secondary N) is 1. The van der Waals surface area contributed by atoms with Crippen molar-refractivity contribution in [2.24, 2.45) is 11.3 Å². The van der Waals surface area contributed by atoms with Gasteiger partial charge in [-0.15, -0.1) is 0 Å². The van der Waals surface area contributed by atoms with Gasteiger partial charge in [0.1, 0.15) is 0 Å². The van der Waals surface area contributed by atoms with Gasteiger partial charge in [0.2, 0.25) is 5.91 Å². The summed E-state index contributed by atoms with van der Waals surface area (Å²) in [6.07, 6.45) is 10.8. The molecular weight excluding hydrogens is 302 g/mol. The van der Waals surface area contributed by atoms with Crippen molar-refractivity contribution >= 4 is 21.8 Å². The first-order valence-electron chi connectivity index (χ1n) is 7.98. The number of carbonyl (C=O) groups is 1. The average molecular weight is 332 g/mol. The van der Waals surface area contributed by atoms with Gasteiger partial charge in [0.25, 0.3) is 0 Å². The summed E-state index contributed by atoms with van der Waals surface area (Å²) in [5, 5.41) is 4.12. The Hall–Kier alpha value is -0.0500. The van der Waals surface area contributed by atoms with Crippen LogP contribution in [-0.2, 0) is 4.79 Å². The van der Waals surface area contributed by atoms with Crippen LogP contribution in [0.1, 0.15) is 71.6 Å². The average Bonchev–Trinajstić information content (AvgIpc) is 2.48. The molecule has 0 aromatic heterocycles. The first-order chi connectivity index (χ1) is 9.15. The Balaban J connectivity index is 2.23. The van der Waals surface area contributed by atoms with E-state index in [4.69, 9.17) is 0 Å². The highest BCUT2D eigenvalue weighted by atomic mass is 79.9. The maximum absolute atomic E-state index is 12.0. The summed E-state index contributed by atoms with van der Waals surface area (Å²) in [6, 6.07) is 0. The van der Waals surface area contributed by atoms with Crippen molar-refractivity contribution in [2.75, 3.05) is 11.9 Å². The minimum atomic E-state index is 0.237. The second-order valence-corrected chi connectivity index (χ2v) is 6.72. The van der Waals surface area contributed by atoms with Gasteiger partial charge in [0.05, 0.1) is 0 Å². The normalized spacial score (nSPS) is 17.4. The van der Waals surface area contributed by atoms with Gasteiger partial charge < -0.3 is 5.32 Å². The quantitative estimate of drug-likeness (QED) is 0.643. The third-order valence-electron chi connectivity index (χ3n) is 4.95. The van der Waals surface area contributed by atoms with Crippen molar-refractivity contribution in [1.82, 2.24) is 5.32 Å². The number of carbonyl (C=O) groups excluding carboxylic acids is 1. The van der Waals surface area contributed by atoms with E-state index in [0.717, 1.165) is 43.5 Å². The highest BCUT2D eigenvalue weighted by Gasteiger charge is 2.25. The Kier molecular flexibility index (Phi) is 8.05. The van der Waals surface area contributed by atoms with Crippen LogP contribution < -0.4 is 5.32 Å². The minimum absolute atomic E-state index is 0.237. The lowest BCUT2D eigenvalue weighted by Crippen LogP contribution is -2.38. The molecule has 0 aliphatic heterocycles. The Morgan fingerprint density at radius 2 is 1.84 bits per heavy atom. The monoisotopic (exact) mass is 331 g/mol. The summed E-state index contributed by atoms with van der Waals surface area (Å²) in [7, 11) is 0. The summed E-state index contributed by atoms with van der Waals surface area (Å²) in [5.74, 6) is 1.05. The molecular formula is C16H30BrNO. The lowest BCUT2D eigenvalue weighted by Gasteiger charge is -2.29. The predicted octanol–water partition coefficient (Wildman–Crippen LogP) is 4.66. The highest BCUT2D eigenvalue weighted by molar-refractivity contribution is 9.09. The molecule has 0 saturated heterocycles. The lowest BCUT2D eigenvalue weighted by molar-refractivity contribution is -0.121. The third kappa shape index (κ3) is 5.85. The molecule has 0 atom stereocenters. The molecule has 1 N–H and O–H groups in total. The fourth-order valence-corrected chi connectivity index (χ4v) is 3.91. The summed E-state index contributed by atoms with van der Waals surface area (Å²) in [4.78, 5) is 12.0. The van der Waals surface area contributed by atoms with Gasteiger partial charge in [-0.1, -0.05) is 61.9 Å². The van der Waals surface area contributed by atoms with Crippen LogP contribution in [0.15, 0.2) is 0 Å². The van der Waals surface area contributed by atoms with Gasteiger partial charge >= 0.3 is 0 Å². The molecule has 1 aliphatic carbocycles. The minimum Gasteiger partial charge on any atom is -0.356 e. The van der Waals surface area contributed by atoms with Gasteiger partial charge in [-0.25, -0.2) is 0 Å². The molecule has 1 amide bonds. The third-order valence-corrected chi connectivity index (χ3v) is 6.14. The van der Waals surface area contributed by atoms with E-state index in [-0.39, 0.29) is 11.3 Å². The number of alkyl halides is 1. The Morgan fingerprint density at radius 3 is 2.37 bits per heavy atom. The lowest BCUT2D eigenvalue weighted by atomic mass is 9.84. The topological polar surface area (TPSA) is 29.1 Å². The first kappa shape index (κ1) is 17.0. The summed E-state index contributed by atoms with van der Waals surface area (Å²) in [6.45, 7) is 5.23. The van der Waals surface area contributed by atoms with E-state index in [9.17, 15) is 4.79 Å². The molecule has 0 aromatic rings. The van der Waals surface area contributed by atoms with Crippen LogP contribution in [0.5, 0.6) is 0 Å². The van der Waals surface area contributed by atoms with Crippen molar-refractivity contribution in [3.8, 4) is 0 Å². The van der Waals surface area contributed by atoms with Crippen molar-refractivity contribution < 1.29 is 4.79 Å². The van der Waals surface area contributed by atoms with Crippen LogP contribution in [0.3, 0.4) is 0 Å². The standard InChI is InChI=1S/C16H30BrNO/c1-3-16(4-2,12-17)13-18-15(19)11-10-14-8-6-5-7-9-14/h14H,3-13H2,1-2H3,(H,18,19). The van der Waals surface area contributed by atoms with Crippen molar-refractivity contribution in [3.63, 3.8) is 0 Å². The molecule has 0 heterocycles. The molecule has 3 heteroatoms. The zero-order valence-electron chi connectivity index (χ0n) is 12.6. The Labute approximate surface area is 127 Å². The van der Waals surface area contributed by atoms with E-state index in [1.54, 1.807) is 0 Å². The predicted molar refractivity (Wildman–Crippen MR) is 85.6 cm³/mol. The number of halogens is 1. The molecule has 0 radical (unpaired) electrons. The fraction of sp³-hybridized carbons (Fsp3) is 0.938. The second kappa shape index (κ2) is 8.99. The zero-order valence-corrected chi connectivity index (χ0v) is 14.2. The number of hydrogen-bond donors (Lipinski definition) is 1. The Bertz CT molecular complexity index is 249. The molecule has 2 nitrogen and oxygen atoms in total. The Morgan fingerprint density at radius 1 is 1.21 bits per heavy atom. The van der Waals surface area contributed by atoms with Crippen LogP contribution in [0, 0.1) is 11.3 Å². The van der Waals surface area contributed by atoms with Crippen LogP contribution >= 0.6 is 15.9 Å². The molecule has 0 bridgehead atoms. The SMILES string of the molecule is CCC(CC)(CBr)CNC(=O)CCC1CCCCC1. The molecule has 112 valence electrons. The summed E-state index contributed by atoms with van der Waals surface area (Å²) < 4.78 is 0. The van der Waals surface area contributed by atoms with Crippen LogP contribution in [0.25, 0.3) is 0 Å². The molecule has 1 fully saturated rings. The number of hydrogen-bond acceptors (Lipinski definition) is 1. The molecule has 0 unspecified atom stereocenters.